The average Bonchev–Trinajstić information content (AvgIpc) is 2.55. The summed E-state index contributed by atoms with van der Waals surface area (Å²) < 4.78 is 51.5. The lowest BCUT2D eigenvalue weighted by Crippen LogP contribution is -2.38. The van der Waals surface area contributed by atoms with Crippen LogP contribution in [0.2, 0.25) is 0 Å². The number of aryl methyl sites for hydroxylation is 2. The quantitative estimate of drug-likeness (QED) is 0.835. The Kier molecular flexibility index (Phi) is 5.97. The molecule has 0 bridgehead atoms. The van der Waals surface area contributed by atoms with Crippen molar-refractivity contribution in [3.8, 4) is 0 Å². The van der Waals surface area contributed by atoms with Gasteiger partial charge in [-0.15, -0.1) is 0 Å². The number of halogens is 2. The number of carbonyl (C=O) groups is 1. The molecule has 1 amide bonds. The molecule has 0 fully saturated rings. The second-order valence-electron chi connectivity index (χ2n) is 5.99. The van der Waals surface area contributed by atoms with E-state index in [1.807, 2.05) is 19.9 Å². The number of nitrogens with one attached hydrogen (secondary N) is 1. The fourth-order valence-electron chi connectivity index (χ4n) is 2.38. The predicted molar refractivity (Wildman–Crippen MR) is 96.8 cm³/mol. The van der Waals surface area contributed by atoms with Gasteiger partial charge in [-0.3, -0.25) is 9.10 Å². The van der Waals surface area contributed by atoms with Gasteiger partial charge in [-0.2, -0.15) is 0 Å². The van der Waals surface area contributed by atoms with Gasteiger partial charge in [-0.25, -0.2) is 17.2 Å². The van der Waals surface area contributed by atoms with E-state index >= 15 is 0 Å². The maximum Gasteiger partial charge on any atom is 0.251 e. The fraction of sp³-hybridized carbons (Fsp3) is 0.278. The lowest BCUT2D eigenvalue weighted by Gasteiger charge is -2.23. The van der Waals surface area contributed by atoms with E-state index in [0.717, 1.165) is 35.6 Å². The minimum absolute atomic E-state index is 0.0107. The molecule has 0 saturated heterocycles. The van der Waals surface area contributed by atoms with E-state index in [4.69, 9.17) is 0 Å². The van der Waals surface area contributed by atoms with Crippen molar-refractivity contribution in [2.75, 3.05) is 23.7 Å². The smallest absolute Gasteiger partial charge is 0.251 e. The van der Waals surface area contributed by atoms with Gasteiger partial charge in [-0.05, 0) is 55.3 Å². The number of anilines is 1. The second-order valence-corrected chi connectivity index (χ2v) is 7.90. The molecule has 0 spiro atoms. The summed E-state index contributed by atoms with van der Waals surface area (Å²) in [6.07, 6.45) is 1.08. The molecule has 8 heteroatoms. The Balaban J connectivity index is 2.09. The minimum Gasteiger partial charge on any atom is -0.350 e. The largest absolute Gasteiger partial charge is 0.350 e. The van der Waals surface area contributed by atoms with Crippen molar-refractivity contribution in [3.63, 3.8) is 0 Å². The Morgan fingerprint density at radius 1 is 1.04 bits per heavy atom. The number of benzene rings is 2. The lowest BCUT2D eigenvalue weighted by atomic mass is 10.1. The van der Waals surface area contributed by atoms with Crippen molar-refractivity contribution in [3.05, 3.63) is 64.7 Å². The van der Waals surface area contributed by atoms with Gasteiger partial charge in [0.05, 0.1) is 18.5 Å². The van der Waals surface area contributed by atoms with Crippen molar-refractivity contribution in [1.29, 1.82) is 0 Å². The van der Waals surface area contributed by atoms with Crippen molar-refractivity contribution < 1.29 is 22.0 Å². The van der Waals surface area contributed by atoms with E-state index < -0.39 is 27.6 Å². The third-order valence-electron chi connectivity index (χ3n) is 3.96. The number of carbonyl (C=O) groups excluding carboxylic acids is 1. The Bertz CT molecular complexity index is 930. The van der Waals surface area contributed by atoms with Gasteiger partial charge in [0.15, 0.2) is 11.6 Å². The van der Waals surface area contributed by atoms with Gasteiger partial charge < -0.3 is 5.32 Å². The second kappa shape index (κ2) is 7.82. The first kappa shape index (κ1) is 19.8. The minimum atomic E-state index is -3.55. The van der Waals surface area contributed by atoms with E-state index in [1.165, 1.54) is 4.31 Å². The maximum absolute atomic E-state index is 13.2. The zero-order valence-corrected chi connectivity index (χ0v) is 15.5. The van der Waals surface area contributed by atoms with Crippen LogP contribution in [0.5, 0.6) is 0 Å². The Morgan fingerprint density at radius 3 is 2.31 bits per heavy atom. The monoisotopic (exact) mass is 382 g/mol. The van der Waals surface area contributed by atoms with Crippen LogP contribution in [0.15, 0.2) is 36.4 Å². The van der Waals surface area contributed by atoms with Crippen LogP contribution >= 0.6 is 0 Å². The molecule has 0 saturated carbocycles. The number of sulfonamides is 1. The number of hydrogen-bond donors (Lipinski definition) is 1. The molecular weight excluding hydrogens is 362 g/mol. The van der Waals surface area contributed by atoms with E-state index in [9.17, 15) is 22.0 Å². The van der Waals surface area contributed by atoms with Gasteiger partial charge in [0, 0.05) is 12.1 Å². The first-order valence-corrected chi connectivity index (χ1v) is 9.72. The highest BCUT2D eigenvalue weighted by molar-refractivity contribution is 7.92. The van der Waals surface area contributed by atoms with E-state index in [-0.39, 0.29) is 18.7 Å². The van der Waals surface area contributed by atoms with Gasteiger partial charge >= 0.3 is 0 Å². The number of nitrogens with zero attached hydrogens (tertiary/aromatic N) is 1. The summed E-state index contributed by atoms with van der Waals surface area (Å²) in [6, 6.07) is 8.09. The standard InChI is InChI=1S/C18H20F2N2O3S/c1-12-4-6-15(10-13(12)2)22(26(3,24)25)9-8-21-18(23)14-5-7-16(19)17(20)11-14/h4-7,10-11H,8-9H2,1-3H3,(H,21,23). The average molecular weight is 382 g/mol. The summed E-state index contributed by atoms with van der Waals surface area (Å²) in [5.41, 5.74) is 2.44. The van der Waals surface area contributed by atoms with Gasteiger partial charge in [0.1, 0.15) is 0 Å². The van der Waals surface area contributed by atoms with Crippen LogP contribution in [0.1, 0.15) is 21.5 Å². The molecule has 0 aromatic heterocycles. The number of hydrogen-bond acceptors (Lipinski definition) is 3. The molecule has 0 heterocycles. The Hall–Kier alpha value is -2.48. The van der Waals surface area contributed by atoms with Crippen LogP contribution in [-0.4, -0.2) is 33.7 Å². The third-order valence-corrected chi connectivity index (χ3v) is 5.16. The summed E-state index contributed by atoms with van der Waals surface area (Å²) in [4.78, 5) is 12.0. The molecular formula is C18H20F2N2O3S. The maximum atomic E-state index is 13.2. The molecule has 0 aliphatic rings. The lowest BCUT2D eigenvalue weighted by molar-refractivity contribution is 0.0954. The van der Waals surface area contributed by atoms with Gasteiger partial charge in [0.2, 0.25) is 10.0 Å². The van der Waals surface area contributed by atoms with Crippen molar-refractivity contribution in [1.82, 2.24) is 5.32 Å². The highest BCUT2D eigenvalue weighted by Gasteiger charge is 2.18. The van der Waals surface area contributed by atoms with Crippen molar-refractivity contribution >= 4 is 21.6 Å². The van der Waals surface area contributed by atoms with Crippen LogP contribution in [0.3, 0.4) is 0 Å². The molecule has 2 rings (SSSR count). The van der Waals surface area contributed by atoms with E-state index in [1.54, 1.807) is 12.1 Å². The molecule has 26 heavy (non-hydrogen) atoms. The van der Waals surface area contributed by atoms with Crippen molar-refractivity contribution in [2.24, 2.45) is 0 Å². The Labute approximate surface area is 151 Å². The molecule has 0 unspecified atom stereocenters. The molecule has 0 atom stereocenters. The normalized spacial score (nSPS) is 11.3. The van der Waals surface area contributed by atoms with E-state index in [2.05, 4.69) is 5.32 Å². The SMILES string of the molecule is Cc1ccc(N(CCNC(=O)c2ccc(F)c(F)c2)S(C)(=O)=O)cc1C. The summed E-state index contributed by atoms with van der Waals surface area (Å²) in [5, 5.41) is 2.51. The molecule has 140 valence electrons. The first-order valence-electron chi connectivity index (χ1n) is 7.88. The zero-order valence-electron chi connectivity index (χ0n) is 14.7. The summed E-state index contributed by atoms with van der Waals surface area (Å²) in [5.74, 6) is -2.78. The number of rotatable bonds is 6. The zero-order chi connectivity index (χ0) is 19.5. The molecule has 0 aliphatic heterocycles. The molecule has 1 N–H and O–H groups in total. The third kappa shape index (κ3) is 4.78. The summed E-state index contributed by atoms with van der Waals surface area (Å²) in [7, 11) is -3.55. The van der Waals surface area contributed by atoms with E-state index in [0.29, 0.717) is 5.69 Å². The van der Waals surface area contributed by atoms with Crippen LogP contribution in [-0.2, 0) is 10.0 Å². The molecule has 5 nitrogen and oxygen atoms in total. The molecule has 0 aliphatic carbocycles. The number of amides is 1. The van der Waals surface area contributed by atoms with Crippen LogP contribution < -0.4 is 9.62 Å². The Morgan fingerprint density at radius 2 is 1.73 bits per heavy atom. The highest BCUT2D eigenvalue weighted by Crippen LogP contribution is 2.20. The van der Waals surface area contributed by atoms with Gasteiger partial charge in [0.25, 0.3) is 5.91 Å². The summed E-state index contributed by atoms with van der Waals surface area (Å²) >= 11 is 0. The van der Waals surface area contributed by atoms with Crippen LogP contribution in [0.4, 0.5) is 14.5 Å². The molecule has 2 aromatic carbocycles. The first-order chi connectivity index (χ1) is 12.1. The van der Waals surface area contributed by atoms with Crippen molar-refractivity contribution in [2.45, 2.75) is 13.8 Å². The molecule has 0 radical (unpaired) electrons. The van der Waals surface area contributed by atoms with Gasteiger partial charge in [-0.1, -0.05) is 6.07 Å². The van der Waals surface area contributed by atoms with Crippen LogP contribution in [0.25, 0.3) is 0 Å². The summed E-state index contributed by atoms with van der Waals surface area (Å²) in [6.45, 7) is 3.82. The fourth-order valence-corrected chi connectivity index (χ4v) is 3.30. The predicted octanol–water partition coefficient (Wildman–Crippen LogP) is 2.78. The highest BCUT2D eigenvalue weighted by atomic mass is 32.2. The van der Waals surface area contributed by atoms with Crippen LogP contribution in [0, 0.1) is 25.5 Å². The topological polar surface area (TPSA) is 66.5 Å². The molecule has 2 aromatic rings.